The number of rotatable bonds is 7. The highest BCUT2D eigenvalue weighted by atomic mass is 15.1. The molecule has 0 bridgehead atoms. The van der Waals surface area contributed by atoms with Gasteiger partial charge in [-0.15, -0.1) is 0 Å². The molecule has 1 atom stereocenters. The third-order valence-corrected chi connectivity index (χ3v) is 13.9. The Balaban J connectivity index is 1.02. The van der Waals surface area contributed by atoms with Gasteiger partial charge < -0.3 is 4.90 Å². The highest BCUT2D eigenvalue weighted by molar-refractivity contribution is 5.96. The second kappa shape index (κ2) is 14.4. The topological polar surface area (TPSA) is 3.24 Å². The number of para-hydroxylation sites is 1. The Labute approximate surface area is 370 Å². The van der Waals surface area contributed by atoms with Gasteiger partial charge in [-0.25, -0.2) is 0 Å². The van der Waals surface area contributed by atoms with Crippen LogP contribution in [0, 0.1) is 0 Å². The summed E-state index contributed by atoms with van der Waals surface area (Å²) in [5, 5.41) is 2.52. The average molecular weight is 804 g/mol. The molecule has 298 valence electrons. The fourth-order valence-corrected chi connectivity index (χ4v) is 10.9. The van der Waals surface area contributed by atoms with Crippen molar-refractivity contribution in [3.05, 3.63) is 270 Å². The second-order valence-electron chi connectivity index (χ2n) is 17.7. The Hall–Kier alpha value is -7.74. The van der Waals surface area contributed by atoms with Gasteiger partial charge in [-0.1, -0.05) is 202 Å². The van der Waals surface area contributed by atoms with Crippen LogP contribution in [-0.2, 0) is 10.8 Å². The maximum atomic E-state index is 2.55. The van der Waals surface area contributed by atoms with Crippen LogP contribution in [0.3, 0.4) is 0 Å². The van der Waals surface area contributed by atoms with E-state index in [-0.39, 0.29) is 5.41 Å². The number of fused-ring (bicyclic) bond motifs is 7. The molecule has 0 aliphatic heterocycles. The summed E-state index contributed by atoms with van der Waals surface area (Å²) in [6.45, 7) is 4.83. The van der Waals surface area contributed by atoms with Gasteiger partial charge >= 0.3 is 0 Å². The van der Waals surface area contributed by atoms with Crippen molar-refractivity contribution in [3.8, 4) is 44.5 Å². The van der Waals surface area contributed by atoms with E-state index in [4.69, 9.17) is 0 Å². The highest BCUT2D eigenvalue weighted by Gasteiger charge is 2.47. The van der Waals surface area contributed by atoms with E-state index in [1.54, 1.807) is 0 Å². The van der Waals surface area contributed by atoms with E-state index in [0.29, 0.717) is 0 Å². The number of hydrogen-bond donors (Lipinski definition) is 0. The van der Waals surface area contributed by atoms with Crippen molar-refractivity contribution in [2.24, 2.45) is 0 Å². The Bertz CT molecular complexity index is 3330. The minimum atomic E-state index is -0.535. The van der Waals surface area contributed by atoms with Crippen LogP contribution in [-0.4, -0.2) is 0 Å². The fourth-order valence-electron chi connectivity index (χ4n) is 10.9. The van der Waals surface area contributed by atoms with Gasteiger partial charge in [0.1, 0.15) is 0 Å². The largest absolute Gasteiger partial charge is 0.310 e. The van der Waals surface area contributed by atoms with Crippen LogP contribution in [0.4, 0.5) is 17.1 Å². The Morgan fingerprint density at radius 3 is 1.41 bits per heavy atom. The van der Waals surface area contributed by atoms with E-state index >= 15 is 0 Å². The lowest BCUT2D eigenvalue weighted by Gasteiger charge is -2.35. The van der Waals surface area contributed by atoms with Crippen molar-refractivity contribution in [3.63, 3.8) is 0 Å². The Morgan fingerprint density at radius 1 is 0.286 bits per heavy atom. The molecule has 0 saturated heterocycles. The summed E-state index contributed by atoms with van der Waals surface area (Å²) in [7, 11) is 0. The summed E-state index contributed by atoms with van der Waals surface area (Å²) in [6, 6.07) is 87.8. The molecule has 0 fully saturated rings. The summed E-state index contributed by atoms with van der Waals surface area (Å²) in [4.78, 5) is 2.39. The standard InChI is InChI=1S/C62H45N/c1-61(2)58-40-49(32-36-54(58)55-37-35-52(41-59(55)61)63(50-22-10-5-11-23-50)51-33-28-45(29-34-51)43-18-8-4-9-19-43)62(48-30-26-44(27-31-48)42-16-6-3-7-17-42)57-25-15-14-24-53(57)56-38-46-20-12-13-21-47(46)39-60(56)62/h3-41H,1-2H3. The zero-order valence-electron chi connectivity index (χ0n) is 35.5. The van der Waals surface area contributed by atoms with E-state index in [2.05, 4.69) is 255 Å². The third-order valence-electron chi connectivity index (χ3n) is 13.9. The number of benzene rings is 10. The summed E-state index contributed by atoms with van der Waals surface area (Å²) >= 11 is 0. The summed E-state index contributed by atoms with van der Waals surface area (Å²) in [5.74, 6) is 0. The molecule has 1 nitrogen and oxygen atoms in total. The maximum absolute atomic E-state index is 2.55. The van der Waals surface area contributed by atoms with Crippen molar-refractivity contribution in [1.82, 2.24) is 0 Å². The van der Waals surface area contributed by atoms with Gasteiger partial charge in [-0.3, -0.25) is 0 Å². The number of hydrogen-bond acceptors (Lipinski definition) is 1. The average Bonchev–Trinajstić information content (AvgIpc) is 3.76. The van der Waals surface area contributed by atoms with Gasteiger partial charge in [0.05, 0.1) is 5.41 Å². The second-order valence-corrected chi connectivity index (χ2v) is 17.7. The first kappa shape index (κ1) is 37.1. The number of nitrogens with zero attached hydrogens (tertiary/aromatic N) is 1. The third kappa shape index (κ3) is 5.77. The van der Waals surface area contributed by atoms with Crippen molar-refractivity contribution in [2.75, 3.05) is 4.90 Å². The zero-order chi connectivity index (χ0) is 42.1. The van der Waals surface area contributed by atoms with Crippen LogP contribution in [0.5, 0.6) is 0 Å². The van der Waals surface area contributed by atoms with Crippen LogP contribution in [0.15, 0.2) is 237 Å². The predicted octanol–water partition coefficient (Wildman–Crippen LogP) is 16.3. The SMILES string of the molecule is CC1(C)c2cc(N(c3ccccc3)c3ccc(-c4ccccc4)cc3)ccc2-c2ccc(C3(c4ccc(-c5ccccc5)cc4)c4ccccc4-c4cc5ccccc5cc43)cc21. The predicted molar refractivity (Wildman–Crippen MR) is 264 cm³/mol. The van der Waals surface area contributed by atoms with Crippen LogP contribution >= 0.6 is 0 Å². The first-order valence-electron chi connectivity index (χ1n) is 22.1. The zero-order valence-corrected chi connectivity index (χ0v) is 35.5. The summed E-state index contributed by atoms with van der Waals surface area (Å²) < 4.78 is 0. The molecule has 0 radical (unpaired) electrons. The van der Waals surface area contributed by atoms with E-state index in [1.807, 2.05) is 0 Å². The van der Waals surface area contributed by atoms with Crippen LogP contribution in [0.1, 0.15) is 47.2 Å². The summed E-state index contributed by atoms with van der Waals surface area (Å²) in [6.07, 6.45) is 0. The van der Waals surface area contributed by atoms with Gasteiger partial charge in [-0.2, -0.15) is 0 Å². The van der Waals surface area contributed by atoms with Crippen molar-refractivity contribution in [2.45, 2.75) is 24.7 Å². The van der Waals surface area contributed by atoms with Crippen LogP contribution < -0.4 is 4.90 Å². The molecule has 10 aromatic carbocycles. The smallest absolute Gasteiger partial charge is 0.0713 e. The molecule has 0 aromatic heterocycles. The normalized spacial score (nSPS) is 15.3. The van der Waals surface area contributed by atoms with Crippen molar-refractivity contribution >= 4 is 27.8 Å². The molecule has 0 amide bonds. The Kier molecular flexibility index (Phi) is 8.49. The first-order valence-corrected chi connectivity index (χ1v) is 22.1. The molecule has 2 aliphatic carbocycles. The molecule has 0 spiro atoms. The lowest BCUT2D eigenvalue weighted by molar-refractivity contribution is 0.655. The molecule has 2 aliphatic rings. The maximum Gasteiger partial charge on any atom is 0.0713 e. The van der Waals surface area contributed by atoms with Gasteiger partial charge in [0, 0.05) is 22.5 Å². The molecule has 1 heteroatoms. The van der Waals surface area contributed by atoms with Crippen LogP contribution in [0.2, 0.25) is 0 Å². The minimum absolute atomic E-state index is 0.265. The molecule has 63 heavy (non-hydrogen) atoms. The van der Waals surface area contributed by atoms with E-state index in [9.17, 15) is 0 Å². The monoisotopic (exact) mass is 803 g/mol. The van der Waals surface area contributed by atoms with E-state index < -0.39 is 5.41 Å². The van der Waals surface area contributed by atoms with Gasteiger partial charge in [0.15, 0.2) is 0 Å². The summed E-state index contributed by atoms with van der Waals surface area (Å²) in [5.41, 5.74) is 20.6. The Morgan fingerprint density at radius 2 is 0.746 bits per heavy atom. The van der Waals surface area contributed by atoms with Crippen molar-refractivity contribution < 1.29 is 0 Å². The molecule has 12 rings (SSSR count). The molecule has 10 aromatic rings. The van der Waals surface area contributed by atoms with Gasteiger partial charge in [0.2, 0.25) is 0 Å². The number of anilines is 3. The molecular formula is C62H45N. The lowest BCUT2D eigenvalue weighted by Crippen LogP contribution is -2.29. The molecule has 1 unspecified atom stereocenters. The van der Waals surface area contributed by atoms with E-state index in [1.165, 1.54) is 88.7 Å². The molecule has 0 N–H and O–H groups in total. The molecule has 0 saturated carbocycles. The molecular weight excluding hydrogens is 759 g/mol. The van der Waals surface area contributed by atoms with Gasteiger partial charge in [0.25, 0.3) is 0 Å². The lowest BCUT2D eigenvalue weighted by atomic mass is 9.66. The van der Waals surface area contributed by atoms with Crippen LogP contribution in [0.25, 0.3) is 55.3 Å². The van der Waals surface area contributed by atoms with E-state index in [0.717, 1.165) is 17.1 Å². The fraction of sp³-hybridized carbons (Fsp3) is 0.0645. The molecule has 0 heterocycles. The first-order chi connectivity index (χ1) is 31.0. The minimum Gasteiger partial charge on any atom is -0.310 e. The highest BCUT2D eigenvalue weighted by Crippen LogP contribution is 2.59. The van der Waals surface area contributed by atoms with Gasteiger partial charge in [-0.05, 0) is 137 Å². The quantitative estimate of drug-likeness (QED) is 0.155. The van der Waals surface area contributed by atoms with Crippen molar-refractivity contribution in [1.29, 1.82) is 0 Å².